The zero-order valence-corrected chi connectivity index (χ0v) is 18.9. The summed E-state index contributed by atoms with van der Waals surface area (Å²) in [4.78, 5) is 27.9. The van der Waals surface area contributed by atoms with E-state index in [2.05, 4.69) is 31.4 Å². The van der Waals surface area contributed by atoms with Gasteiger partial charge in [0.25, 0.3) is 11.6 Å². The molecule has 9 heteroatoms. The first-order chi connectivity index (χ1) is 15.9. The van der Waals surface area contributed by atoms with E-state index in [4.69, 9.17) is 4.42 Å². The molecule has 0 fully saturated rings. The molecule has 1 amide bonds. The van der Waals surface area contributed by atoms with Gasteiger partial charge in [0.15, 0.2) is 0 Å². The van der Waals surface area contributed by atoms with Crippen molar-refractivity contribution in [3.05, 3.63) is 110 Å². The molecular weight excluding hydrogens is 488 g/mol. The van der Waals surface area contributed by atoms with Gasteiger partial charge < -0.3 is 4.42 Å². The Morgan fingerprint density at radius 3 is 2.64 bits per heavy atom. The normalized spacial score (nSPS) is 11.8. The lowest BCUT2D eigenvalue weighted by Gasteiger charge is -2.05. The van der Waals surface area contributed by atoms with Gasteiger partial charge in [0.05, 0.1) is 16.8 Å². The third kappa shape index (κ3) is 5.39. The van der Waals surface area contributed by atoms with Crippen LogP contribution in [0, 0.1) is 17.0 Å². The van der Waals surface area contributed by atoms with E-state index >= 15 is 0 Å². The summed E-state index contributed by atoms with van der Waals surface area (Å²) in [6, 6.07) is 20.5. The lowest BCUT2D eigenvalue weighted by atomic mass is 10.1. The van der Waals surface area contributed by atoms with Crippen LogP contribution in [0.5, 0.6) is 0 Å². The number of hydrogen-bond donors (Lipinski definition) is 1. The summed E-state index contributed by atoms with van der Waals surface area (Å²) in [5.74, 6) is -0.534. The monoisotopic (exact) mass is 504 g/mol. The standard InChI is InChI=1S/C24H17BrN4O4/c1-15-5-8-19(9-6-15)27-24-21(13-17-12-18(25)7-10-22(17)33-24)23(30)28-26-14-16-3-2-4-20(11-16)29(31)32/h2-14H,1H3,(H,28,30)/b26-14-,27-24?. The molecule has 8 nitrogen and oxygen atoms in total. The van der Waals surface area contributed by atoms with Gasteiger partial charge >= 0.3 is 0 Å². The van der Waals surface area contributed by atoms with Crippen LogP contribution in [-0.2, 0) is 0 Å². The minimum atomic E-state index is -0.534. The molecule has 0 saturated heterocycles. The molecule has 0 atom stereocenters. The number of nitrogens with one attached hydrogen (secondary N) is 1. The van der Waals surface area contributed by atoms with Crippen molar-refractivity contribution in [3.8, 4) is 0 Å². The quantitative estimate of drug-likeness (QED) is 0.222. The molecular formula is C24H17BrN4O4. The lowest BCUT2D eigenvalue weighted by Crippen LogP contribution is -2.25. The highest BCUT2D eigenvalue weighted by molar-refractivity contribution is 9.10. The number of hydrazone groups is 1. The number of non-ortho nitro benzene ring substituents is 1. The van der Waals surface area contributed by atoms with Gasteiger partial charge in [-0.1, -0.05) is 45.8 Å². The van der Waals surface area contributed by atoms with Crippen LogP contribution in [0.1, 0.15) is 21.5 Å². The number of rotatable bonds is 5. The van der Waals surface area contributed by atoms with Gasteiger partial charge in [-0.15, -0.1) is 0 Å². The summed E-state index contributed by atoms with van der Waals surface area (Å²) < 4.78 is 6.77. The van der Waals surface area contributed by atoms with Gasteiger partial charge in [-0.3, -0.25) is 14.9 Å². The maximum Gasteiger partial charge on any atom is 0.276 e. The maximum atomic E-state index is 12.9. The van der Waals surface area contributed by atoms with E-state index in [1.807, 2.05) is 43.3 Å². The minimum Gasteiger partial charge on any atom is -0.438 e. The van der Waals surface area contributed by atoms with Gasteiger partial charge in [-0.05, 0) is 43.3 Å². The third-order valence-corrected chi connectivity index (χ3v) is 5.17. The van der Waals surface area contributed by atoms with Crippen LogP contribution < -0.4 is 11.0 Å². The zero-order chi connectivity index (χ0) is 23.4. The van der Waals surface area contributed by atoms with E-state index in [0.717, 1.165) is 10.0 Å². The number of carbonyl (C=O) groups is 1. The second-order valence-corrected chi connectivity index (χ2v) is 8.06. The van der Waals surface area contributed by atoms with Crippen LogP contribution in [0.3, 0.4) is 0 Å². The predicted molar refractivity (Wildman–Crippen MR) is 128 cm³/mol. The molecule has 0 radical (unpaired) electrons. The molecule has 0 spiro atoms. The van der Waals surface area contributed by atoms with E-state index in [-0.39, 0.29) is 16.8 Å². The molecule has 1 heterocycles. The number of fused-ring (bicyclic) bond motifs is 1. The number of halogens is 1. The van der Waals surface area contributed by atoms with E-state index in [0.29, 0.717) is 22.2 Å². The van der Waals surface area contributed by atoms with Gasteiger partial charge in [0.1, 0.15) is 11.1 Å². The van der Waals surface area contributed by atoms with E-state index in [1.165, 1.54) is 18.3 Å². The summed E-state index contributed by atoms with van der Waals surface area (Å²) in [7, 11) is 0. The summed E-state index contributed by atoms with van der Waals surface area (Å²) >= 11 is 3.42. The highest BCUT2D eigenvalue weighted by Crippen LogP contribution is 2.20. The van der Waals surface area contributed by atoms with E-state index in [9.17, 15) is 14.9 Å². The first kappa shape index (κ1) is 22.1. The minimum absolute atomic E-state index is 0.0663. The predicted octanol–water partition coefficient (Wildman–Crippen LogP) is 5.41. The van der Waals surface area contributed by atoms with Crippen molar-refractivity contribution in [2.24, 2.45) is 10.1 Å². The Hall–Kier alpha value is -4.11. The third-order valence-electron chi connectivity index (χ3n) is 4.68. The Morgan fingerprint density at radius 2 is 1.88 bits per heavy atom. The van der Waals surface area contributed by atoms with Crippen LogP contribution >= 0.6 is 15.9 Å². The molecule has 4 rings (SSSR count). The molecule has 164 valence electrons. The van der Waals surface area contributed by atoms with Gasteiger partial charge in [0, 0.05) is 27.6 Å². The average molecular weight is 505 g/mol. The number of aryl methyl sites for hydroxylation is 1. The Morgan fingerprint density at radius 1 is 1.09 bits per heavy atom. The molecule has 0 aliphatic carbocycles. The fourth-order valence-electron chi connectivity index (χ4n) is 3.03. The summed E-state index contributed by atoms with van der Waals surface area (Å²) in [5.41, 5.74) is 5.46. The Bertz CT molecular complexity index is 1460. The molecule has 0 bridgehead atoms. The summed E-state index contributed by atoms with van der Waals surface area (Å²) in [6.07, 6.45) is 1.33. The van der Waals surface area contributed by atoms with Gasteiger partial charge in [-0.2, -0.15) is 5.10 Å². The molecule has 1 N–H and O–H groups in total. The first-order valence-corrected chi connectivity index (χ1v) is 10.6. The van der Waals surface area contributed by atoms with Gasteiger partial charge in [0.2, 0.25) is 5.55 Å². The number of benzene rings is 3. The topological polar surface area (TPSA) is 110 Å². The molecule has 3 aromatic carbocycles. The zero-order valence-electron chi connectivity index (χ0n) is 17.4. The number of nitro groups is 1. The van der Waals surface area contributed by atoms with Crippen LogP contribution in [0.4, 0.5) is 11.4 Å². The smallest absolute Gasteiger partial charge is 0.276 e. The summed E-state index contributed by atoms with van der Waals surface area (Å²) in [6.45, 7) is 1.97. The second kappa shape index (κ2) is 9.58. The average Bonchev–Trinajstić information content (AvgIpc) is 2.80. The van der Waals surface area contributed by atoms with Crippen LogP contribution in [0.25, 0.3) is 11.0 Å². The van der Waals surface area contributed by atoms with Crippen LogP contribution in [0.2, 0.25) is 0 Å². The highest BCUT2D eigenvalue weighted by atomic mass is 79.9. The van der Waals surface area contributed by atoms with Crippen LogP contribution in [0.15, 0.2) is 91.8 Å². The molecule has 0 aliphatic heterocycles. The molecule has 0 unspecified atom stereocenters. The SMILES string of the molecule is Cc1ccc(N=c2oc3ccc(Br)cc3cc2C(=O)N/N=C\c2cccc([N+](=O)[O-])c2)cc1. The van der Waals surface area contributed by atoms with Crippen molar-refractivity contribution in [1.82, 2.24) is 5.43 Å². The molecule has 33 heavy (non-hydrogen) atoms. The van der Waals surface area contributed by atoms with Crippen molar-refractivity contribution >= 4 is 50.4 Å². The van der Waals surface area contributed by atoms with Crippen molar-refractivity contribution in [2.45, 2.75) is 6.92 Å². The molecule has 0 aliphatic rings. The number of nitro benzene ring substituents is 1. The Balaban J connectivity index is 1.70. The first-order valence-electron chi connectivity index (χ1n) is 9.82. The highest BCUT2D eigenvalue weighted by Gasteiger charge is 2.13. The van der Waals surface area contributed by atoms with Crippen molar-refractivity contribution in [1.29, 1.82) is 0 Å². The van der Waals surface area contributed by atoms with Crippen molar-refractivity contribution < 1.29 is 14.1 Å². The maximum absolute atomic E-state index is 12.9. The lowest BCUT2D eigenvalue weighted by molar-refractivity contribution is -0.384. The number of carbonyl (C=O) groups excluding carboxylic acids is 1. The second-order valence-electron chi connectivity index (χ2n) is 7.15. The van der Waals surface area contributed by atoms with E-state index < -0.39 is 10.8 Å². The molecule has 4 aromatic rings. The fourth-order valence-corrected chi connectivity index (χ4v) is 3.41. The largest absolute Gasteiger partial charge is 0.438 e. The Kier molecular flexibility index (Phi) is 6.41. The Labute approximate surface area is 196 Å². The number of amides is 1. The number of nitrogens with zero attached hydrogens (tertiary/aromatic N) is 3. The summed E-state index contributed by atoms with van der Waals surface area (Å²) in [5, 5.41) is 15.6. The van der Waals surface area contributed by atoms with Gasteiger partial charge in [-0.25, -0.2) is 10.4 Å². The van der Waals surface area contributed by atoms with Crippen LogP contribution in [-0.4, -0.2) is 17.0 Å². The van der Waals surface area contributed by atoms with Crippen molar-refractivity contribution in [2.75, 3.05) is 0 Å². The molecule has 0 saturated carbocycles. The van der Waals surface area contributed by atoms with Crippen molar-refractivity contribution in [3.63, 3.8) is 0 Å². The fraction of sp³-hybridized carbons (Fsp3) is 0.0417. The van der Waals surface area contributed by atoms with E-state index in [1.54, 1.807) is 24.3 Å². The number of hydrogen-bond acceptors (Lipinski definition) is 6. The molecule has 1 aromatic heterocycles.